The van der Waals surface area contributed by atoms with Crippen molar-refractivity contribution in [1.82, 2.24) is 4.90 Å². The fourth-order valence-corrected chi connectivity index (χ4v) is 3.69. The molecule has 0 aromatic heterocycles. The summed E-state index contributed by atoms with van der Waals surface area (Å²) in [6, 6.07) is 14.7. The summed E-state index contributed by atoms with van der Waals surface area (Å²) >= 11 is 0. The molecule has 2 aliphatic heterocycles. The van der Waals surface area contributed by atoms with Gasteiger partial charge < -0.3 is 4.74 Å². The number of hydrogen-bond acceptors (Lipinski definition) is 4. The van der Waals surface area contributed by atoms with Gasteiger partial charge in [0, 0.05) is 29.7 Å². The van der Waals surface area contributed by atoms with E-state index >= 15 is 0 Å². The number of amides is 2. The maximum atomic E-state index is 13.4. The van der Waals surface area contributed by atoms with Crippen molar-refractivity contribution in [2.24, 2.45) is 10.9 Å². The lowest BCUT2D eigenvalue weighted by molar-refractivity contribution is -0.144. The third-order valence-corrected chi connectivity index (χ3v) is 5.15. The van der Waals surface area contributed by atoms with Gasteiger partial charge in [0.05, 0.1) is 5.69 Å². The van der Waals surface area contributed by atoms with Gasteiger partial charge in [0.15, 0.2) is 5.90 Å². The van der Waals surface area contributed by atoms with Crippen molar-refractivity contribution in [3.05, 3.63) is 65.2 Å². The molecule has 1 atom stereocenters. The summed E-state index contributed by atoms with van der Waals surface area (Å²) in [6.45, 7) is 0. The molecule has 124 valence electrons. The highest BCUT2D eigenvalue weighted by atomic mass is 16.5. The fraction of sp³-hybridized carbons (Fsp3) is 0.250. The van der Waals surface area contributed by atoms with Crippen LogP contribution >= 0.6 is 0 Å². The van der Waals surface area contributed by atoms with Crippen molar-refractivity contribution in [2.75, 3.05) is 7.05 Å². The monoisotopic (exact) mass is 332 g/mol. The van der Waals surface area contributed by atoms with Crippen molar-refractivity contribution in [3.63, 3.8) is 0 Å². The average Bonchev–Trinajstić information content (AvgIpc) is 3.49. The second kappa shape index (κ2) is 4.79. The molecule has 2 aromatic carbocycles. The molecular weight excluding hydrogens is 316 g/mol. The van der Waals surface area contributed by atoms with Crippen LogP contribution in [0.5, 0.6) is 0 Å². The Morgan fingerprint density at radius 1 is 1.04 bits per heavy atom. The van der Waals surface area contributed by atoms with Gasteiger partial charge in [-0.25, -0.2) is 4.99 Å². The highest BCUT2D eigenvalue weighted by Gasteiger charge is 2.57. The number of aliphatic imine (C=N–C) groups is 1. The predicted octanol–water partition coefficient (Wildman–Crippen LogP) is 3.01. The van der Waals surface area contributed by atoms with Crippen LogP contribution in [-0.2, 0) is 15.1 Å². The minimum atomic E-state index is -1.34. The van der Waals surface area contributed by atoms with Crippen LogP contribution in [0.25, 0.3) is 0 Å². The van der Waals surface area contributed by atoms with Gasteiger partial charge in [0.2, 0.25) is 5.60 Å². The molecule has 5 rings (SSSR count). The lowest BCUT2D eigenvalue weighted by Gasteiger charge is -2.43. The molecule has 2 aromatic rings. The van der Waals surface area contributed by atoms with Gasteiger partial charge in [-0.05, 0) is 25.0 Å². The minimum Gasteiger partial charge on any atom is -0.454 e. The van der Waals surface area contributed by atoms with Crippen LogP contribution in [0.4, 0.5) is 5.69 Å². The zero-order valence-electron chi connectivity index (χ0n) is 13.7. The third-order valence-electron chi connectivity index (χ3n) is 5.15. The molecule has 5 nitrogen and oxygen atoms in total. The number of rotatable bonds is 1. The molecule has 1 saturated carbocycles. The average molecular weight is 332 g/mol. The molecule has 2 amide bonds. The fourth-order valence-electron chi connectivity index (χ4n) is 3.69. The molecule has 0 saturated heterocycles. The van der Waals surface area contributed by atoms with Gasteiger partial charge in [-0.1, -0.05) is 36.4 Å². The number of fused-ring (bicyclic) bond motifs is 4. The van der Waals surface area contributed by atoms with Gasteiger partial charge in [-0.2, -0.15) is 0 Å². The van der Waals surface area contributed by atoms with E-state index in [4.69, 9.17) is 4.74 Å². The largest absolute Gasteiger partial charge is 0.454 e. The standard InChI is InChI=1S/C20H16N2O3/c1-22-18(23)13-6-2-3-7-14(13)20(19(22)24)15-8-4-5-9-16(15)21-17(25-20)12-10-11-12/h2-9,12H,10-11H2,1H3. The summed E-state index contributed by atoms with van der Waals surface area (Å²) < 4.78 is 6.33. The van der Waals surface area contributed by atoms with E-state index in [1.54, 1.807) is 12.1 Å². The summed E-state index contributed by atoms with van der Waals surface area (Å²) in [6.07, 6.45) is 2.03. The van der Waals surface area contributed by atoms with Crippen molar-refractivity contribution in [3.8, 4) is 0 Å². The highest BCUT2D eigenvalue weighted by molar-refractivity contribution is 6.15. The molecule has 25 heavy (non-hydrogen) atoms. The van der Waals surface area contributed by atoms with E-state index in [-0.39, 0.29) is 17.7 Å². The molecule has 0 bridgehead atoms. The first-order valence-electron chi connectivity index (χ1n) is 8.42. The van der Waals surface area contributed by atoms with E-state index < -0.39 is 5.60 Å². The van der Waals surface area contributed by atoms with Gasteiger partial charge in [0.25, 0.3) is 11.8 Å². The van der Waals surface area contributed by atoms with Crippen molar-refractivity contribution in [1.29, 1.82) is 0 Å². The molecule has 0 N–H and O–H groups in total. The van der Waals surface area contributed by atoms with Crippen LogP contribution in [0.2, 0.25) is 0 Å². The zero-order chi connectivity index (χ0) is 17.2. The number of ether oxygens (including phenoxy) is 1. The zero-order valence-corrected chi connectivity index (χ0v) is 13.7. The molecular formula is C20H16N2O3. The van der Waals surface area contributed by atoms with E-state index in [0.29, 0.717) is 22.6 Å². The Kier molecular flexibility index (Phi) is 2.76. The normalized spacial score (nSPS) is 24.5. The van der Waals surface area contributed by atoms with Crippen LogP contribution in [0.1, 0.15) is 34.3 Å². The van der Waals surface area contributed by atoms with Crippen molar-refractivity contribution in [2.45, 2.75) is 18.4 Å². The molecule has 1 aliphatic carbocycles. The number of carbonyl (C=O) groups is 2. The number of benzene rings is 2. The molecule has 1 spiro atoms. The Labute approximate surface area is 144 Å². The third kappa shape index (κ3) is 1.81. The Balaban J connectivity index is 1.85. The number of hydrogen-bond donors (Lipinski definition) is 0. The van der Waals surface area contributed by atoms with Gasteiger partial charge in [0.1, 0.15) is 0 Å². The van der Waals surface area contributed by atoms with E-state index in [0.717, 1.165) is 23.4 Å². The van der Waals surface area contributed by atoms with E-state index in [1.165, 1.54) is 7.05 Å². The van der Waals surface area contributed by atoms with Crippen molar-refractivity contribution >= 4 is 23.4 Å². The number of imide groups is 1. The summed E-state index contributed by atoms with van der Waals surface area (Å²) in [5.41, 5.74) is 1.19. The van der Waals surface area contributed by atoms with Crippen LogP contribution in [0.3, 0.4) is 0 Å². The first-order chi connectivity index (χ1) is 12.1. The van der Waals surface area contributed by atoms with Crippen LogP contribution in [0.15, 0.2) is 53.5 Å². The molecule has 1 unspecified atom stereocenters. The SMILES string of the molecule is CN1C(=O)c2ccccc2C2(OC(C3CC3)=Nc3ccccc32)C1=O. The maximum absolute atomic E-state index is 13.4. The summed E-state index contributed by atoms with van der Waals surface area (Å²) in [4.78, 5) is 31.8. The first kappa shape index (κ1) is 14.4. The smallest absolute Gasteiger partial charge is 0.283 e. The van der Waals surface area contributed by atoms with Gasteiger partial charge in [-0.15, -0.1) is 0 Å². The lowest BCUT2D eigenvalue weighted by atomic mass is 9.78. The quantitative estimate of drug-likeness (QED) is 0.754. The molecule has 3 aliphatic rings. The first-order valence-corrected chi connectivity index (χ1v) is 8.42. The minimum absolute atomic E-state index is 0.258. The maximum Gasteiger partial charge on any atom is 0.283 e. The van der Waals surface area contributed by atoms with Crippen LogP contribution < -0.4 is 0 Å². The van der Waals surface area contributed by atoms with Crippen LogP contribution in [-0.4, -0.2) is 29.7 Å². The molecule has 1 fully saturated rings. The highest BCUT2D eigenvalue weighted by Crippen LogP contribution is 2.49. The number of carbonyl (C=O) groups excluding carboxylic acids is 2. The molecule has 0 radical (unpaired) electrons. The Bertz CT molecular complexity index is 961. The van der Waals surface area contributed by atoms with Gasteiger partial charge in [-0.3, -0.25) is 14.5 Å². The summed E-state index contributed by atoms with van der Waals surface area (Å²) in [7, 11) is 1.51. The summed E-state index contributed by atoms with van der Waals surface area (Å²) in [5, 5.41) is 0. The van der Waals surface area contributed by atoms with Crippen LogP contribution in [0, 0.1) is 5.92 Å². The Morgan fingerprint density at radius 2 is 1.72 bits per heavy atom. The second-order valence-corrected chi connectivity index (χ2v) is 6.74. The van der Waals surface area contributed by atoms with Crippen molar-refractivity contribution < 1.29 is 14.3 Å². The Morgan fingerprint density at radius 3 is 2.48 bits per heavy atom. The molecule has 2 heterocycles. The lowest BCUT2D eigenvalue weighted by Crippen LogP contribution is -2.56. The number of nitrogens with zero attached hydrogens (tertiary/aromatic N) is 2. The topological polar surface area (TPSA) is 59.0 Å². The summed E-state index contributed by atoms with van der Waals surface area (Å²) in [5.74, 6) is 0.192. The Hall–Kier alpha value is -2.95. The van der Waals surface area contributed by atoms with E-state index in [1.807, 2.05) is 36.4 Å². The van der Waals surface area contributed by atoms with E-state index in [2.05, 4.69) is 4.99 Å². The number of likely N-dealkylation sites (N-methyl/N-ethyl adjacent to an activating group) is 1. The second-order valence-electron chi connectivity index (χ2n) is 6.74. The van der Waals surface area contributed by atoms with E-state index in [9.17, 15) is 9.59 Å². The van der Waals surface area contributed by atoms with Gasteiger partial charge >= 0.3 is 0 Å². The number of para-hydroxylation sites is 1. The predicted molar refractivity (Wildman–Crippen MR) is 91.7 cm³/mol. The molecule has 5 heteroatoms.